The molecule has 8 heteroatoms. The van der Waals surface area contributed by atoms with Gasteiger partial charge in [0.15, 0.2) is 0 Å². The van der Waals surface area contributed by atoms with E-state index in [-0.39, 0.29) is 21.5 Å². The summed E-state index contributed by atoms with van der Waals surface area (Å²) in [4.78, 5) is 12.0. The minimum Gasteiger partial charge on any atom is -0.325 e. The highest BCUT2D eigenvalue weighted by Gasteiger charge is 2.23. The lowest BCUT2D eigenvalue weighted by Crippen LogP contribution is -2.35. The second-order valence-electron chi connectivity index (χ2n) is 5.28. The Morgan fingerprint density at radius 2 is 1.62 bits per heavy atom. The number of amides is 1. The van der Waals surface area contributed by atoms with Gasteiger partial charge in [-0.25, -0.2) is 8.42 Å². The summed E-state index contributed by atoms with van der Waals surface area (Å²) in [5.41, 5.74) is 1.66. The summed E-state index contributed by atoms with van der Waals surface area (Å²) >= 11 is 11.7. The number of carbonyl (C=O) groups excluding carboxylic acids is 1. The van der Waals surface area contributed by atoms with Gasteiger partial charge in [-0.1, -0.05) is 40.9 Å². The van der Waals surface area contributed by atoms with Gasteiger partial charge in [-0.15, -0.1) is 0 Å². The predicted molar refractivity (Wildman–Crippen MR) is 96.1 cm³/mol. The van der Waals surface area contributed by atoms with E-state index in [1.807, 2.05) is 19.1 Å². The zero-order chi connectivity index (χ0) is 17.9. The Balaban J connectivity index is 2.11. The van der Waals surface area contributed by atoms with Gasteiger partial charge in [0.05, 0.1) is 11.4 Å². The Bertz CT molecular complexity index is 832. The molecule has 1 N–H and O–H groups in total. The van der Waals surface area contributed by atoms with Crippen LogP contribution in [0.3, 0.4) is 0 Å². The fourth-order valence-electron chi connectivity index (χ4n) is 1.98. The maximum atomic E-state index is 12.5. The molecule has 0 aliphatic rings. The van der Waals surface area contributed by atoms with Crippen molar-refractivity contribution < 1.29 is 13.2 Å². The van der Waals surface area contributed by atoms with Gasteiger partial charge in [0.2, 0.25) is 15.9 Å². The fraction of sp³-hybridized carbons (Fsp3) is 0.188. The van der Waals surface area contributed by atoms with Gasteiger partial charge >= 0.3 is 0 Å². The Kier molecular flexibility index (Phi) is 5.87. The second kappa shape index (κ2) is 7.53. The van der Waals surface area contributed by atoms with Gasteiger partial charge in [-0.3, -0.25) is 4.79 Å². The van der Waals surface area contributed by atoms with Crippen molar-refractivity contribution >= 4 is 44.8 Å². The first-order valence-corrected chi connectivity index (χ1v) is 9.17. The first-order chi connectivity index (χ1) is 11.2. The Labute approximate surface area is 151 Å². The standard InChI is InChI=1S/C16H16Cl2N2O3S/c1-11-3-5-14(6-4-11)19-16(21)10-20(2)24(22,23)15-8-12(17)7-13(18)9-15/h3-9H,10H2,1-2H3,(H,19,21). The van der Waals surface area contributed by atoms with E-state index >= 15 is 0 Å². The summed E-state index contributed by atoms with van der Waals surface area (Å²) in [5.74, 6) is -0.446. The number of halogens is 2. The molecule has 0 radical (unpaired) electrons. The monoisotopic (exact) mass is 386 g/mol. The van der Waals surface area contributed by atoms with E-state index in [1.54, 1.807) is 12.1 Å². The number of sulfonamides is 1. The maximum Gasteiger partial charge on any atom is 0.243 e. The zero-order valence-corrected chi connectivity index (χ0v) is 15.4. The van der Waals surface area contributed by atoms with Crippen molar-refractivity contribution in [3.8, 4) is 0 Å². The molecule has 128 valence electrons. The average molecular weight is 387 g/mol. The molecule has 2 aromatic carbocycles. The number of hydrogen-bond acceptors (Lipinski definition) is 3. The van der Waals surface area contributed by atoms with E-state index in [0.717, 1.165) is 9.87 Å². The van der Waals surface area contributed by atoms with E-state index in [4.69, 9.17) is 23.2 Å². The molecule has 24 heavy (non-hydrogen) atoms. The average Bonchev–Trinajstić information content (AvgIpc) is 2.48. The lowest BCUT2D eigenvalue weighted by molar-refractivity contribution is -0.116. The largest absolute Gasteiger partial charge is 0.325 e. The molecule has 1 amide bonds. The van der Waals surface area contributed by atoms with Crippen LogP contribution in [0.4, 0.5) is 5.69 Å². The highest BCUT2D eigenvalue weighted by atomic mass is 35.5. The minimum atomic E-state index is -3.87. The molecule has 0 aliphatic carbocycles. The molecule has 0 saturated heterocycles. The van der Waals surface area contributed by atoms with E-state index in [0.29, 0.717) is 5.69 Å². The fourth-order valence-corrected chi connectivity index (χ4v) is 3.84. The number of likely N-dealkylation sites (N-methyl/N-ethyl adjacent to an activating group) is 1. The zero-order valence-electron chi connectivity index (χ0n) is 13.1. The first-order valence-electron chi connectivity index (χ1n) is 6.97. The molecule has 0 bridgehead atoms. The predicted octanol–water partition coefficient (Wildman–Crippen LogP) is 3.56. The molecule has 2 aromatic rings. The minimum absolute atomic E-state index is 0.0642. The quantitative estimate of drug-likeness (QED) is 0.853. The van der Waals surface area contributed by atoms with E-state index in [2.05, 4.69) is 5.32 Å². The summed E-state index contributed by atoms with van der Waals surface area (Å²) in [6.45, 7) is 1.60. The molecule has 0 atom stereocenters. The molecule has 0 fully saturated rings. The van der Waals surface area contributed by atoms with Crippen molar-refractivity contribution in [2.24, 2.45) is 0 Å². The van der Waals surface area contributed by atoms with Crippen molar-refractivity contribution in [2.45, 2.75) is 11.8 Å². The number of nitrogens with one attached hydrogen (secondary N) is 1. The third kappa shape index (κ3) is 4.70. The smallest absolute Gasteiger partial charge is 0.243 e. The number of carbonyl (C=O) groups is 1. The normalized spacial score (nSPS) is 11.5. The van der Waals surface area contributed by atoms with E-state index < -0.39 is 15.9 Å². The molecular weight excluding hydrogens is 371 g/mol. The van der Waals surface area contributed by atoms with Crippen LogP contribution in [0.5, 0.6) is 0 Å². The van der Waals surface area contributed by atoms with Crippen LogP contribution in [0.15, 0.2) is 47.4 Å². The molecular formula is C16H16Cl2N2O3S. The number of nitrogens with zero attached hydrogens (tertiary/aromatic N) is 1. The van der Waals surface area contributed by atoms with Gasteiger partial charge in [0.25, 0.3) is 0 Å². The van der Waals surface area contributed by atoms with E-state index in [1.165, 1.54) is 25.2 Å². The summed E-state index contributed by atoms with van der Waals surface area (Å²) in [6, 6.07) is 11.2. The summed E-state index contributed by atoms with van der Waals surface area (Å²) < 4.78 is 25.9. The lowest BCUT2D eigenvalue weighted by Gasteiger charge is -2.17. The molecule has 0 aliphatic heterocycles. The number of benzene rings is 2. The molecule has 0 unspecified atom stereocenters. The van der Waals surface area contributed by atoms with Crippen molar-refractivity contribution in [2.75, 3.05) is 18.9 Å². The Hall–Kier alpha value is -1.60. The van der Waals surface area contributed by atoms with Gasteiger partial charge in [0, 0.05) is 22.8 Å². The van der Waals surface area contributed by atoms with Gasteiger partial charge in [-0.2, -0.15) is 4.31 Å². The molecule has 0 heterocycles. The maximum absolute atomic E-state index is 12.5. The van der Waals surface area contributed by atoms with Crippen molar-refractivity contribution in [3.05, 3.63) is 58.1 Å². The molecule has 2 rings (SSSR count). The van der Waals surface area contributed by atoms with Crippen LogP contribution in [-0.4, -0.2) is 32.2 Å². The Morgan fingerprint density at radius 1 is 1.08 bits per heavy atom. The number of rotatable bonds is 5. The third-order valence-electron chi connectivity index (χ3n) is 3.25. The highest BCUT2D eigenvalue weighted by Crippen LogP contribution is 2.24. The highest BCUT2D eigenvalue weighted by molar-refractivity contribution is 7.89. The van der Waals surface area contributed by atoms with Crippen molar-refractivity contribution in [1.29, 1.82) is 0 Å². The number of hydrogen-bond donors (Lipinski definition) is 1. The second-order valence-corrected chi connectivity index (χ2v) is 8.20. The topological polar surface area (TPSA) is 66.5 Å². The molecule has 5 nitrogen and oxygen atoms in total. The summed E-state index contributed by atoms with van der Waals surface area (Å²) in [5, 5.41) is 3.06. The van der Waals surface area contributed by atoms with Crippen LogP contribution in [0.2, 0.25) is 10.0 Å². The van der Waals surface area contributed by atoms with Crippen LogP contribution >= 0.6 is 23.2 Å². The van der Waals surface area contributed by atoms with Gasteiger partial charge < -0.3 is 5.32 Å². The van der Waals surface area contributed by atoms with Crippen molar-refractivity contribution in [3.63, 3.8) is 0 Å². The SMILES string of the molecule is Cc1ccc(NC(=O)CN(C)S(=O)(=O)c2cc(Cl)cc(Cl)c2)cc1. The molecule has 0 spiro atoms. The number of anilines is 1. The van der Waals surface area contributed by atoms with Gasteiger partial charge in [0.1, 0.15) is 0 Å². The van der Waals surface area contributed by atoms with Crippen LogP contribution in [0, 0.1) is 6.92 Å². The van der Waals surface area contributed by atoms with Crippen LogP contribution in [0.1, 0.15) is 5.56 Å². The lowest BCUT2D eigenvalue weighted by atomic mass is 10.2. The third-order valence-corrected chi connectivity index (χ3v) is 5.46. The van der Waals surface area contributed by atoms with Crippen LogP contribution in [-0.2, 0) is 14.8 Å². The molecule has 0 aromatic heterocycles. The molecule has 0 saturated carbocycles. The number of aryl methyl sites for hydroxylation is 1. The summed E-state index contributed by atoms with van der Waals surface area (Å²) in [6.07, 6.45) is 0. The first kappa shape index (κ1) is 18.7. The Morgan fingerprint density at radius 3 is 2.17 bits per heavy atom. The van der Waals surface area contributed by atoms with Crippen LogP contribution < -0.4 is 5.32 Å². The van der Waals surface area contributed by atoms with Crippen LogP contribution in [0.25, 0.3) is 0 Å². The van der Waals surface area contributed by atoms with Gasteiger partial charge in [-0.05, 0) is 37.3 Å². The van der Waals surface area contributed by atoms with Crippen molar-refractivity contribution in [1.82, 2.24) is 4.31 Å². The van der Waals surface area contributed by atoms with E-state index in [9.17, 15) is 13.2 Å². The summed E-state index contributed by atoms with van der Waals surface area (Å²) in [7, 11) is -2.56.